The Morgan fingerprint density at radius 2 is 1.77 bits per heavy atom. The van der Waals surface area contributed by atoms with Gasteiger partial charge in [-0.15, -0.1) is 5.10 Å². The van der Waals surface area contributed by atoms with Gasteiger partial charge < -0.3 is 24.6 Å². The molecule has 1 aliphatic carbocycles. The lowest BCUT2D eigenvalue weighted by atomic mass is 9.93. The van der Waals surface area contributed by atoms with E-state index < -0.39 is 6.23 Å². The van der Waals surface area contributed by atoms with Gasteiger partial charge in [-0.25, -0.2) is 4.98 Å². The molecule has 1 saturated heterocycles. The lowest BCUT2D eigenvalue weighted by Gasteiger charge is -2.30. The summed E-state index contributed by atoms with van der Waals surface area (Å²) < 4.78 is 20.0. The molecule has 0 bridgehead atoms. The summed E-state index contributed by atoms with van der Waals surface area (Å²) in [6, 6.07) is 10.6. The van der Waals surface area contributed by atoms with E-state index in [1.165, 1.54) is 5.01 Å². The highest BCUT2D eigenvalue weighted by Crippen LogP contribution is 2.37. The quantitative estimate of drug-likeness (QED) is 0.439. The molecule has 10 heteroatoms. The molecule has 0 radical (unpaired) electrons. The Morgan fingerprint density at radius 1 is 1.02 bits per heavy atom. The van der Waals surface area contributed by atoms with Crippen molar-refractivity contribution in [2.45, 2.75) is 69.9 Å². The van der Waals surface area contributed by atoms with Crippen molar-refractivity contribution in [1.82, 2.24) is 19.8 Å². The van der Waals surface area contributed by atoms with Crippen LogP contribution in [0, 0.1) is 0 Å². The van der Waals surface area contributed by atoms with Gasteiger partial charge in [0.2, 0.25) is 5.90 Å². The Kier molecular flexibility index (Phi) is 7.88. The van der Waals surface area contributed by atoms with Crippen molar-refractivity contribution in [3.05, 3.63) is 48.7 Å². The van der Waals surface area contributed by atoms with Crippen LogP contribution in [0.5, 0.6) is 5.75 Å². The first-order chi connectivity index (χ1) is 19.6. The summed E-state index contributed by atoms with van der Waals surface area (Å²) in [7, 11) is 1.73. The molecule has 1 saturated carbocycles. The monoisotopic (exact) mass is 546 g/mol. The van der Waals surface area contributed by atoms with Gasteiger partial charge in [0.05, 0.1) is 24.8 Å². The number of hydrogen-bond acceptors (Lipinski definition) is 9. The molecule has 10 nitrogen and oxygen atoms in total. The van der Waals surface area contributed by atoms with E-state index in [4.69, 9.17) is 19.3 Å². The summed E-state index contributed by atoms with van der Waals surface area (Å²) in [4.78, 5) is 4.66. The van der Waals surface area contributed by atoms with E-state index in [1.54, 1.807) is 19.2 Å². The molecule has 3 aromatic rings. The van der Waals surface area contributed by atoms with Crippen molar-refractivity contribution in [2.24, 2.45) is 5.10 Å². The second-order valence-electron chi connectivity index (χ2n) is 10.7. The number of likely N-dealkylation sites (N-methyl/N-ethyl adjacent to an activating group) is 1. The van der Waals surface area contributed by atoms with Gasteiger partial charge in [-0.2, -0.15) is 5.10 Å². The average molecular weight is 547 g/mol. The van der Waals surface area contributed by atoms with Crippen LogP contribution in [0.15, 0.2) is 53.8 Å². The second-order valence-corrected chi connectivity index (χ2v) is 10.7. The first-order valence-electron chi connectivity index (χ1n) is 14.4. The fourth-order valence-electron chi connectivity index (χ4n) is 5.66. The zero-order valence-electron chi connectivity index (χ0n) is 23.2. The minimum absolute atomic E-state index is 0.0897. The highest BCUT2D eigenvalue weighted by Gasteiger charge is 2.28. The van der Waals surface area contributed by atoms with E-state index in [0.717, 1.165) is 92.0 Å². The van der Waals surface area contributed by atoms with Gasteiger partial charge in [0.25, 0.3) is 0 Å². The molecular weight excluding hydrogens is 508 g/mol. The number of anilines is 1. The number of aromatic nitrogens is 3. The Balaban J connectivity index is 1.21. The number of aliphatic hydroxyl groups is 1. The number of fused-ring (bicyclic) bond motifs is 1. The number of nitrogens with zero attached hydrogens (tertiary/aromatic N) is 5. The molecule has 4 heterocycles. The SMILES string of the molecule is CCNc1cc2c(cn1)c(-c1ccc(OC3CCOCC3)cc1)nn2C1CCC(OC2=NN(C)C(O)C=C2)CC1. The predicted octanol–water partition coefficient (Wildman–Crippen LogP) is 4.72. The van der Waals surface area contributed by atoms with Crippen LogP contribution in [0.3, 0.4) is 0 Å². The van der Waals surface area contributed by atoms with Crippen molar-refractivity contribution < 1.29 is 19.3 Å². The van der Waals surface area contributed by atoms with E-state index in [9.17, 15) is 5.11 Å². The molecule has 212 valence electrons. The van der Waals surface area contributed by atoms with Crippen molar-refractivity contribution in [1.29, 1.82) is 0 Å². The third-order valence-corrected chi connectivity index (χ3v) is 7.88. The summed E-state index contributed by atoms with van der Waals surface area (Å²) in [5, 5.41) is 25.2. The Morgan fingerprint density at radius 3 is 2.50 bits per heavy atom. The van der Waals surface area contributed by atoms with Gasteiger partial charge in [-0.3, -0.25) is 9.69 Å². The van der Waals surface area contributed by atoms with Gasteiger partial charge >= 0.3 is 0 Å². The van der Waals surface area contributed by atoms with Crippen LogP contribution in [0.4, 0.5) is 5.82 Å². The lowest BCUT2D eigenvalue weighted by Crippen LogP contribution is -2.32. The third kappa shape index (κ3) is 5.78. The number of nitrogens with one attached hydrogen (secondary N) is 1. The maximum atomic E-state index is 9.81. The zero-order chi connectivity index (χ0) is 27.5. The van der Waals surface area contributed by atoms with E-state index in [2.05, 4.69) is 45.2 Å². The molecule has 0 spiro atoms. The van der Waals surface area contributed by atoms with Crippen LogP contribution in [-0.4, -0.2) is 76.0 Å². The number of pyridine rings is 1. The number of hydrogen-bond donors (Lipinski definition) is 2. The lowest BCUT2D eigenvalue weighted by molar-refractivity contribution is 0.0256. The largest absolute Gasteiger partial charge is 0.490 e. The number of benzene rings is 1. The second kappa shape index (κ2) is 11.9. The van der Waals surface area contributed by atoms with Crippen LogP contribution in [0.25, 0.3) is 22.2 Å². The highest BCUT2D eigenvalue weighted by atomic mass is 16.5. The van der Waals surface area contributed by atoms with E-state index in [1.807, 2.05) is 18.3 Å². The van der Waals surface area contributed by atoms with Crippen molar-refractivity contribution >= 4 is 22.6 Å². The van der Waals surface area contributed by atoms with Crippen molar-refractivity contribution in [3.63, 3.8) is 0 Å². The summed E-state index contributed by atoms with van der Waals surface area (Å²) in [6.07, 6.45) is 10.5. The summed E-state index contributed by atoms with van der Waals surface area (Å²) >= 11 is 0. The third-order valence-electron chi connectivity index (χ3n) is 7.88. The number of aliphatic hydroxyl groups excluding tert-OH is 1. The zero-order valence-corrected chi connectivity index (χ0v) is 23.2. The molecule has 1 atom stereocenters. The molecule has 2 aromatic heterocycles. The summed E-state index contributed by atoms with van der Waals surface area (Å²) in [5.74, 6) is 2.28. The molecule has 40 heavy (non-hydrogen) atoms. The van der Waals surface area contributed by atoms with E-state index in [-0.39, 0.29) is 18.2 Å². The molecule has 1 unspecified atom stereocenters. The van der Waals surface area contributed by atoms with Gasteiger partial charge in [0.1, 0.15) is 29.5 Å². The molecular formula is C30H38N6O4. The van der Waals surface area contributed by atoms with Crippen LogP contribution in [0.2, 0.25) is 0 Å². The number of ether oxygens (including phenoxy) is 3. The number of hydrazone groups is 1. The molecule has 1 aromatic carbocycles. The predicted molar refractivity (Wildman–Crippen MR) is 154 cm³/mol. The molecule has 2 aliphatic heterocycles. The Bertz CT molecular complexity index is 1360. The Hall–Kier alpha value is -3.63. The molecule has 3 aliphatic rings. The molecule has 2 fully saturated rings. The average Bonchev–Trinajstić information content (AvgIpc) is 3.35. The standard InChI is InChI=1S/C30H38N6O4/c1-3-31-27-18-26-25(19-32-27)30(20-4-8-22(9-5-20)39-24-14-16-38-17-15-24)34-36(26)21-6-10-23(11-7-21)40-28-12-13-29(37)35(2)33-28/h4-5,8-9,12-13,18-19,21,23-24,29,37H,3,6-7,10-11,14-17H2,1-2H3,(H,31,32). The number of rotatable bonds is 7. The van der Waals surface area contributed by atoms with E-state index in [0.29, 0.717) is 5.90 Å². The maximum Gasteiger partial charge on any atom is 0.230 e. The Labute approximate surface area is 234 Å². The van der Waals surface area contributed by atoms with Crippen molar-refractivity contribution in [3.8, 4) is 17.0 Å². The van der Waals surface area contributed by atoms with Gasteiger partial charge in [0, 0.05) is 55.7 Å². The first-order valence-corrected chi connectivity index (χ1v) is 14.4. The molecule has 6 rings (SSSR count). The fraction of sp³-hybridized carbons (Fsp3) is 0.500. The van der Waals surface area contributed by atoms with Crippen LogP contribution in [0.1, 0.15) is 51.5 Å². The fourth-order valence-corrected chi connectivity index (χ4v) is 5.66. The summed E-state index contributed by atoms with van der Waals surface area (Å²) in [6.45, 7) is 4.40. The first kappa shape index (κ1) is 26.6. The van der Waals surface area contributed by atoms with Gasteiger partial charge in [0.15, 0.2) is 6.23 Å². The molecule has 0 amide bonds. The smallest absolute Gasteiger partial charge is 0.230 e. The maximum absolute atomic E-state index is 9.81. The molecule has 2 N–H and O–H groups in total. The van der Waals surface area contributed by atoms with Crippen molar-refractivity contribution in [2.75, 3.05) is 32.1 Å². The topological polar surface area (TPSA) is 106 Å². The highest BCUT2D eigenvalue weighted by molar-refractivity contribution is 5.94. The van der Waals surface area contributed by atoms with E-state index >= 15 is 0 Å². The van der Waals surface area contributed by atoms with Crippen LogP contribution in [-0.2, 0) is 9.47 Å². The van der Waals surface area contributed by atoms with Crippen LogP contribution >= 0.6 is 0 Å². The minimum atomic E-state index is -0.706. The minimum Gasteiger partial charge on any atom is -0.490 e. The summed E-state index contributed by atoms with van der Waals surface area (Å²) in [5.41, 5.74) is 3.07. The van der Waals surface area contributed by atoms with Gasteiger partial charge in [-0.05, 0) is 62.9 Å². The normalized spacial score (nSPS) is 23.7. The van der Waals surface area contributed by atoms with Gasteiger partial charge in [-0.1, -0.05) is 0 Å². The van der Waals surface area contributed by atoms with Crippen LogP contribution < -0.4 is 10.1 Å².